The summed E-state index contributed by atoms with van der Waals surface area (Å²) in [5, 5.41) is 11.5. The van der Waals surface area contributed by atoms with E-state index in [2.05, 4.69) is 5.32 Å². The summed E-state index contributed by atoms with van der Waals surface area (Å²) in [5.74, 6) is -7.94. The number of carboxylic acids is 1. The van der Waals surface area contributed by atoms with Crippen LogP contribution >= 0.6 is 0 Å². The molecule has 140 valence electrons. The first-order chi connectivity index (χ1) is 12.1. The predicted molar refractivity (Wildman–Crippen MR) is 79.9 cm³/mol. The van der Waals surface area contributed by atoms with E-state index >= 15 is 0 Å². The first kappa shape index (κ1) is 18.2. The third-order valence-corrected chi connectivity index (χ3v) is 4.66. The molecule has 26 heavy (non-hydrogen) atoms. The van der Waals surface area contributed by atoms with E-state index in [0.29, 0.717) is 10.5 Å². The van der Waals surface area contributed by atoms with Gasteiger partial charge in [0.1, 0.15) is 5.82 Å². The van der Waals surface area contributed by atoms with Crippen LogP contribution in [0.15, 0.2) is 12.1 Å². The van der Waals surface area contributed by atoms with Gasteiger partial charge in [0.15, 0.2) is 0 Å². The number of halogens is 4. The number of carbonyl (C=O) groups excluding carboxylic acids is 2. The van der Waals surface area contributed by atoms with Crippen LogP contribution < -0.4 is 5.32 Å². The number of amides is 2. The quantitative estimate of drug-likeness (QED) is 0.776. The average Bonchev–Trinajstić information content (AvgIpc) is 2.99. The van der Waals surface area contributed by atoms with Crippen molar-refractivity contribution in [3.05, 3.63) is 29.1 Å². The smallest absolute Gasteiger partial charge is 0.394 e. The van der Waals surface area contributed by atoms with Gasteiger partial charge in [-0.1, -0.05) is 0 Å². The van der Waals surface area contributed by atoms with Gasteiger partial charge in [-0.15, -0.1) is 0 Å². The van der Waals surface area contributed by atoms with Gasteiger partial charge in [0.25, 0.3) is 5.91 Å². The number of likely N-dealkylation sites (tertiary alicyclic amines) is 1. The highest BCUT2D eigenvalue weighted by molar-refractivity contribution is 5.98. The van der Waals surface area contributed by atoms with Gasteiger partial charge in [-0.25, -0.2) is 4.39 Å². The molecule has 0 aliphatic carbocycles. The second-order valence-electron chi connectivity index (χ2n) is 6.34. The molecule has 0 bridgehead atoms. The zero-order valence-electron chi connectivity index (χ0n) is 13.3. The van der Waals surface area contributed by atoms with Crippen LogP contribution in [-0.4, -0.2) is 47.1 Å². The van der Waals surface area contributed by atoms with Crippen molar-refractivity contribution in [3.63, 3.8) is 0 Å². The number of rotatable bonds is 2. The van der Waals surface area contributed by atoms with Gasteiger partial charge in [-0.3, -0.25) is 14.4 Å². The lowest BCUT2D eigenvalue weighted by atomic mass is 9.96. The molecule has 0 aromatic heterocycles. The Balaban J connectivity index is 1.88. The average molecular weight is 374 g/mol. The molecule has 2 N–H and O–H groups in total. The maximum absolute atomic E-state index is 14.3. The molecule has 0 unspecified atom stereocenters. The Morgan fingerprint density at radius 3 is 2.46 bits per heavy atom. The molecule has 6 nitrogen and oxygen atoms in total. The first-order valence-electron chi connectivity index (χ1n) is 7.79. The third kappa shape index (κ3) is 3.23. The van der Waals surface area contributed by atoms with Crippen LogP contribution in [0.5, 0.6) is 0 Å². The summed E-state index contributed by atoms with van der Waals surface area (Å²) in [6.45, 7) is -1.49. The van der Waals surface area contributed by atoms with E-state index in [1.54, 1.807) is 0 Å². The van der Waals surface area contributed by atoms with Crippen LogP contribution in [0, 0.1) is 17.7 Å². The molecule has 1 aromatic rings. The monoisotopic (exact) mass is 374 g/mol. The molecular formula is C16H14F4N2O4. The minimum Gasteiger partial charge on any atom is -0.481 e. The summed E-state index contributed by atoms with van der Waals surface area (Å²) in [6.07, 6.45) is -4.37. The summed E-state index contributed by atoms with van der Waals surface area (Å²) in [6, 6.07) is 2.15. The number of fused-ring (bicyclic) bond motifs is 1. The van der Waals surface area contributed by atoms with Crippen LogP contribution in [-0.2, 0) is 16.0 Å². The normalized spacial score (nSPS) is 22.8. The van der Waals surface area contributed by atoms with Crippen LogP contribution in [0.4, 0.5) is 23.2 Å². The lowest BCUT2D eigenvalue weighted by Crippen LogP contribution is -2.34. The van der Waals surface area contributed by atoms with Crippen molar-refractivity contribution in [2.45, 2.75) is 19.0 Å². The van der Waals surface area contributed by atoms with Gasteiger partial charge >= 0.3 is 12.1 Å². The number of anilines is 1. The van der Waals surface area contributed by atoms with E-state index in [-0.39, 0.29) is 24.4 Å². The molecule has 0 spiro atoms. The molecule has 2 atom stereocenters. The highest BCUT2D eigenvalue weighted by Crippen LogP contribution is 2.38. The minimum atomic E-state index is -4.78. The van der Waals surface area contributed by atoms with E-state index in [1.807, 2.05) is 0 Å². The molecule has 0 radical (unpaired) electrons. The van der Waals surface area contributed by atoms with Crippen molar-refractivity contribution < 1.29 is 37.1 Å². The minimum absolute atomic E-state index is 0.146. The van der Waals surface area contributed by atoms with E-state index < -0.39 is 54.4 Å². The van der Waals surface area contributed by atoms with Crippen LogP contribution in [0.25, 0.3) is 0 Å². The first-order valence-corrected chi connectivity index (χ1v) is 7.79. The predicted octanol–water partition coefficient (Wildman–Crippen LogP) is 2.05. The lowest BCUT2D eigenvalue weighted by Gasteiger charge is -2.21. The van der Waals surface area contributed by atoms with Crippen LogP contribution in [0.3, 0.4) is 0 Å². The zero-order chi connectivity index (χ0) is 19.2. The van der Waals surface area contributed by atoms with Crippen molar-refractivity contribution in [2.75, 3.05) is 18.4 Å². The fourth-order valence-electron chi connectivity index (χ4n) is 3.29. The highest BCUT2D eigenvalue weighted by Gasteiger charge is 2.53. The Bertz CT molecular complexity index is 793. The van der Waals surface area contributed by atoms with E-state index in [0.717, 1.165) is 6.07 Å². The maximum atomic E-state index is 14.3. The Hall–Kier alpha value is -2.65. The second kappa shape index (κ2) is 6.26. The number of carboxylic acid groups (broad SMARTS) is 1. The van der Waals surface area contributed by atoms with Crippen molar-refractivity contribution >= 4 is 23.5 Å². The van der Waals surface area contributed by atoms with Crippen LogP contribution in [0.2, 0.25) is 0 Å². The molecule has 10 heteroatoms. The van der Waals surface area contributed by atoms with Crippen molar-refractivity contribution in [1.82, 2.24) is 4.90 Å². The Labute approximate surface area is 144 Å². The summed E-state index contributed by atoms with van der Waals surface area (Å²) < 4.78 is 53.4. The lowest BCUT2D eigenvalue weighted by molar-refractivity contribution is -0.187. The number of alkyl halides is 3. The fraction of sp³-hybridized carbons (Fsp3) is 0.438. The summed E-state index contributed by atoms with van der Waals surface area (Å²) in [4.78, 5) is 35.6. The Morgan fingerprint density at radius 2 is 1.88 bits per heavy atom. The fourth-order valence-corrected chi connectivity index (χ4v) is 3.29. The van der Waals surface area contributed by atoms with E-state index in [4.69, 9.17) is 5.11 Å². The Kier molecular flexibility index (Phi) is 4.37. The van der Waals surface area contributed by atoms with Crippen molar-refractivity contribution in [3.8, 4) is 0 Å². The van der Waals surface area contributed by atoms with Gasteiger partial charge in [0, 0.05) is 25.2 Å². The number of aryl methyl sites for hydroxylation is 1. The van der Waals surface area contributed by atoms with Gasteiger partial charge in [0.2, 0.25) is 5.91 Å². The summed E-state index contributed by atoms with van der Waals surface area (Å²) in [7, 11) is 0. The molecule has 0 saturated carbocycles. The molecule has 2 aliphatic rings. The zero-order valence-corrected chi connectivity index (χ0v) is 13.3. The molecule has 2 amide bonds. The molecular weight excluding hydrogens is 360 g/mol. The third-order valence-electron chi connectivity index (χ3n) is 4.66. The van der Waals surface area contributed by atoms with E-state index in [1.165, 1.54) is 6.07 Å². The number of hydrogen-bond donors (Lipinski definition) is 2. The molecule has 1 aromatic carbocycles. The number of benzene rings is 1. The Morgan fingerprint density at radius 1 is 1.19 bits per heavy atom. The van der Waals surface area contributed by atoms with Gasteiger partial charge in [-0.2, -0.15) is 13.2 Å². The summed E-state index contributed by atoms with van der Waals surface area (Å²) in [5.41, 5.74) is 0.274. The van der Waals surface area contributed by atoms with Crippen molar-refractivity contribution in [2.24, 2.45) is 11.8 Å². The maximum Gasteiger partial charge on any atom is 0.394 e. The molecule has 2 heterocycles. The molecule has 3 rings (SSSR count). The molecule has 1 saturated heterocycles. The van der Waals surface area contributed by atoms with Crippen LogP contribution in [0.1, 0.15) is 22.3 Å². The SMILES string of the molecule is O=C1CCc2cc(C(=O)N3C[C@@H](C(F)(F)F)[C@H](C(=O)O)C3)c(F)cc2N1. The largest absolute Gasteiger partial charge is 0.481 e. The van der Waals surface area contributed by atoms with Gasteiger partial charge < -0.3 is 15.3 Å². The number of carbonyl (C=O) groups is 3. The number of aliphatic carboxylic acids is 1. The topological polar surface area (TPSA) is 86.7 Å². The standard InChI is InChI=1S/C16H14F4N2O4/c17-11-4-12-7(1-2-13(23)21-12)3-8(11)14(24)22-5-9(15(25)26)10(6-22)16(18,19)20/h3-4,9-10H,1-2,5-6H2,(H,21,23)(H,25,26)/t9-,10-/m1/s1. The number of nitrogens with zero attached hydrogens (tertiary/aromatic N) is 1. The van der Waals surface area contributed by atoms with Gasteiger partial charge in [-0.05, 0) is 24.1 Å². The summed E-state index contributed by atoms with van der Waals surface area (Å²) >= 11 is 0. The molecule has 1 fully saturated rings. The van der Waals surface area contributed by atoms with E-state index in [9.17, 15) is 31.9 Å². The van der Waals surface area contributed by atoms with Gasteiger partial charge in [0.05, 0.1) is 17.4 Å². The number of nitrogens with one attached hydrogen (secondary N) is 1. The second-order valence-corrected chi connectivity index (χ2v) is 6.34. The molecule has 2 aliphatic heterocycles. The van der Waals surface area contributed by atoms with Crippen molar-refractivity contribution in [1.29, 1.82) is 0 Å². The number of hydrogen-bond acceptors (Lipinski definition) is 3. The highest BCUT2D eigenvalue weighted by atomic mass is 19.4.